The predicted molar refractivity (Wildman–Crippen MR) is 185 cm³/mol. The van der Waals surface area contributed by atoms with Crippen LogP contribution < -0.4 is 5.73 Å². The van der Waals surface area contributed by atoms with E-state index in [0.29, 0.717) is 42.5 Å². The van der Waals surface area contributed by atoms with Crippen molar-refractivity contribution in [1.82, 2.24) is 0 Å². The second-order valence-corrected chi connectivity index (χ2v) is 17.8. The molecule has 0 spiro atoms. The third-order valence-corrected chi connectivity index (χ3v) is 13.7. The van der Waals surface area contributed by atoms with E-state index < -0.39 is 38.6 Å². The average Bonchev–Trinajstić information content (AvgIpc) is 3.02. The van der Waals surface area contributed by atoms with Crippen molar-refractivity contribution in [2.75, 3.05) is 5.73 Å². The minimum atomic E-state index is -4.56. The minimum absolute atomic E-state index is 0.0709. The Morgan fingerprint density at radius 1 is 0.574 bits per heavy atom. The number of nitrogens with two attached hydrogens (primary N) is 1. The molecule has 0 bridgehead atoms. The van der Waals surface area contributed by atoms with Crippen molar-refractivity contribution < 1.29 is 45.2 Å². The first-order valence-corrected chi connectivity index (χ1v) is 22.8. The number of nitrogen functional groups attached to an aromatic ring is 1. The first kappa shape index (κ1) is 41.7. The Bertz CT molecular complexity index is 1410. The van der Waals surface area contributed by atoms with E-state index in [-0.39, 0.29) is 14.7 Å². The van der Waals surface area contributed by atoms with E-state index >= 15 is 0 Å². The molecular weight excluding hydrogens is 670 g/mol. The molecule has 8 nitrogen and oxygen atoms in total. The van der Waals surface area contributed by atoms with Gasteiger partial charge < -0.3 is 0 Å². The first-order valence-electron chi connectivity index (χ1n) is 18.0. The van der Waals surface area contributed by atoms with Gasteiger partial charge in [0, 0.05) is 0 Å². The Kier molecular flexibility index (Phi) is 20.5. The van der Waals surface area contributed by atoms with Crippen molar-refractivity contribution in [2.45, 2.75) is 170 Å². The zero-order valence-electron chi connectivity index (χ0n) is 28.8. The summed E-state index contributed by atoms with van der Waals surface area (Å²) in [6, 6.07) is 8.54. The van der Waals surface area contributed by atoms with Crippen LogP contribution in [0.3, 0.4) is 0 Å². The van der Waals surface area contributed by atoms with Crippen LogP contribution >= 0.6 is 0 Å². The average molecular weight is 730 g/mol. The topological polar surface area (TPSA) is 141 Å². The molecule has 3 N–H and O–H groups in total. The quantitative estimate of drug-likeness (QED) is 0.0526. The van der Waals surface area contributed by atoms with Gasteiger partial charge in [0.1, 0.15) is 0 Å². The van der Waals surface area contributed by atoms with Crippen LogP contribution in [0.25, 0.3) is 0 Å². The van der Waals surface area contributed by atoms with Crippen LogP contribution in [0.2, 0.25) is 0 Å². The number of rotatable bonds is 27. The van der Waals surface area contributed by atoms with Gasteiger partial charge in [-0.15, -0.1) is 0 Å². The summed E-state index contributed by atoms with van der Waals surface area (Å²) in [6.07, 6.45) is 23.0. The molecule has 47 heavy (non-hydrogen) atoms. The fourth-order valence-corrected chi connectivity index (χ4v) is 10.1. The second-order valence-electron chi connectivity index (χ2n) is 12.8. The summed E-state index contributed by atoms with van der Waals surface area (Å²) in [7, 11) is -8.56. The van der Waals surface area contributed by atoms with Gasteiger partial charge in [-0.3, -0.25) is 0 Å². The number of anilines is 1. The van der Waals surface area contributed by atoms with Crippen molar-refractivity contribution in [1.29, 1.82) is 0 Å². The molecule has 0 aromatic heterocycles. The van der Waals surface area contributed by atoms with Gasteiger partial charge in [0.05, 0.1) is 0 Å². The van der Waals surface area contributed by atoms with Crippen molar-refractivity contribution in [2.24, 2.45) is 0 Å². The standard InChI is InChI=1S/C36H59NO5S2.H2O.O.Ti/c1-3-5-7-9-11-13-15-17-19-21-23-33-34(24-22-20-18-16-14-12-10-8-6-4-2)36(44(40,41)42)30-29-35(33)43(38,39)32-27-25-31(37)26-28-32;;;/h25-30H,3-24,37H2,1-2H3,(H,40,41,42);1H2;;/q;;;+2/p-2. The van der Waals surface area contributed by atoms with Gasteiger partial charge in [0.15, 0.2) is 0 Å². The van der Waals surface area contributed by atoms with Crippen molar-refractivity contribution in [3.63, 3.8) is 0 Å². The molecule has 0 heterocycles. The van der Waals surface area contributed by atoms with Crippen LogP contribution in [0.1, 0.15) is 153 Å². The molecule has 0 amide bonds. The van der Waals surface area contributed by atoms with E-state index in [1.165, 1.54) is 113 Å². The predicted octanol–water partition coefficient (Wildman–Crippen LogP) is 9.52. The van der Waals surface area contributed by atoms with Crippen LogP contribution in [0.5, 0.6) is 0 Å². The summed E-state index contributed by atoms with van der Waals surface area (Å²) in [6.45, 7) is 4.42. The van der Waals surface area contributed by atoms with E-state index in [4.69, 9.17) is 5.73 Å². The normalized spacial score (nSPS) is 12.1. The summed E-state index contributed by atoms with van der Waals surface area (Å²) in [5.74, 6) is 0. The van der Waals surface area contributed by atoms with Gasteiger partial charge in [0.25, 0.3) is 0 Å². The third kappa shape index (κ3) is 15.3. The molecule has 2 aromatic rings. The molecule has 11 heteroatoms. The van der Waals surface area contributed by atoms with Gasteiger partial charge in [0.2, 0.25) is 0 Å². The van der Waals surface area contributed by atoms with E-state index in [1.807, 2.05) is 0 Å². The monoisotopic (exact) mass is 729 g/mol. The Morgan fingerprint density at radius 3 is 1.34 bits per heavy atom. The fourth-order valence-electron chi connectivity index (χ4n) is 6.18. The second kappa shape index (κ2) is 23.1. The fraction of sp³-hybridized carbons (Fsp3) is 0.667. The molecule has 0 aliphatic heterocycles. The van der Waals surface area contributed by atoms with Crippen LogP contribution in [-0.4, -0.2) is 20.5 Å². The molecule has 0 radical (unpaired) electrons. The first-order chi connectivity index (χ1) is 22.5. The summed E-state index contributed by atoms with van der Waals surface area (Å²) in [5, 5.41) is 0. The molecule has 2 aromatic carbocycles. The van der Waals surface area contributed by atoms with Crippen LogP contribution in [0, 0.1) is 0 Å². The smallest absolute Gasteiger partial charge is 0.0654 e. The minimum Gasteiger partial charge on any atom is -0.0654 e. The van der Waals surface area contributed by atoms with Crippen molar-refractivity contribution >= 4 is 25.6 Å². The molecule has 0 saturated carbocycles. The van der Waals surface area contributed by atoms with Crippen molar-refractivity contribution in [3.05, 3.63) is 47.5 Å². The van der Waals surface area contributed by atoms with Crippen molar-refractivity contribution in [3.8, 4) is 0 Å². The molecule has 266 valence electrons. The molecule has 0 unspecified atom stereocenters. The van der Waals surface area contributed by atoms with Gasteiger partial charge in [-0.25, -0.2) is 0 Å². The third-order valence-electron chi connectivity index (χ3n) is 8.84. The maximum absolute atomic E-state index is 14.0. The summed E-state index contributed by atoms with van der Waals surface area (Å²) >= 11 is -4.46. The van der Waals surface area contributed by atoms with Crippen LogP contribution in [-0.2, 0) is 57.5 Å². The van der Waals surface area contributed by atoms with Gasteiger partial charge in [-0.2, -0.15) is 0 Å². The van der Waals surface area contributed by atoms with E-state index in [2.05, 4.69) is 16.6 Å². The van der Waals surface area contributed by atoms with Gasteiger partial charge in [-0.1, -0.05) is 58.8 Å². The zero-order valence-corrected chi connectivity index (χ0v) is 32.0. The number of unbranched alkanes of at least 4 members (excludes halogenated alkanes) is 18. The van der Waals surface area contributed by atoms with E-state index in [0.717, 1.165) is 38.5 Å². The number of hydrogen-bond acceptors (Lipinski definition) is 7. The Hall–Kier alpha value is -1.43. The molecule has 0 aliphatic rings. The Balaban J connectivity index is 2.32. The van der Waals surface area contributed by atoms with Gasteiger partial charge in [-0.05, 0) is 0 Å². The Morgan fingerprint density at radius 2 is 0.936 bits per heavy atom. The maximum atomic E-state index is 14.0. The SMILES string of the molecule is CCCCCCCCCCCCc1c(S(=O)(=O)[O][Ti](=[O])[OH])ccc(S(=O)(=O)c2ccc(N)cc2)c1CCCCCCCCCCCC. The molecular formula is C36H59NO7S2Ti. The van der Waals surface area contributed by atoms with Gasteiger partial charge >= 0.3 is 235 Å². The molecule has 0 atom stereocenters. The molecule has 0 saturated heterocycles. The van der Waals surface area contributed by atoms with E-state index in [1.54, 1.807) is 0 Å². The molecule has 2 rings (SSSR count). The van der Waals surface area contributed by atoms with Crippen LogP contribution in [0.15, 0.2) is 51.1 Å². The summed E-state index contributed by atoms with van der Waals surface area (Å²) in [4.78, 5) is -0.0557. The number of hydrogen-bond donors (Lipinski definition) is 2. The number of sulfone groups is 1. The van der Waals surface area contributed by atoms with E-state index in [9.17, 15) is 23.8 Å². The number of benzene rings is 2. The summed E-state index contributed by atoms with van der Waals surface area (Å²) < 4.78 is 80.0. The van der Waals surface area contributed by atoms with Crippen LogP contribution in [0.4, 0.5) is 5.69 Å². The summed E-state index contributed by atoms with van der Waals surface area (Å²) in [5.41, 5.74) is 7.12. The molecule has 0 fully saturated rings. The Labute approximate surface area is 292 Å². The zero-order chi connectivity index (χ0) is 34.5. The molecule has 0 aliphatic carbocycles.